The molecule has 4 nitrogen and oxygen atoms in total. The van der Waals surface area contributed by atoms with Crippen molar-refractivity contribution in [1.29, 1.82) is 0 Å². The first kappa shape index (κ1) is 15.4. The number of amides is 1. The summed E-state index contributed by atoms with van der Waals surface area (Å²) in [4.78, 5) is 14.2. The first-order valence-corrected chi connectivity index (χ1v) is 7.28. The average molecular weight is 255 g/mol. The van der Waals surface area contributed by atoms with Crippen LogP contribution in [0.1, 0.15) is 40.5 Å². The molecule has 0 bridgehead atoms. The minimum Gasteiger partial charge on any atom is -0.352 e. The maximum Gasteiger partial charge on any atom is 0.234 e. The summed E-state index contributed by atoms with van der Waals surface area (Å²) in [7, 11) is 0. The third-order valence-corrected chi connectivity index (χ3v) is 3.84. The lowest BCUT2D eigenvalue weighted by Gasteiger charge is -2.25. The standard InChI is InChI=1S/C14H29N3O/c1-5-17(9-13-7-6-8-15-13)10-14(18)16-12(4)11(2)3/h11-13,15H,5-10H2,1-4H3,(H,16,18). The van der Waals surface area contributed by atoms with Gasteiger partial charge in [0.05, 0.1) is 6.54 Å². The van der Waals surface area contributed by atoms with E-state index in [-0.39, 0.29) is 11.9 Å². The number of hydrogen-bond donors (Lipinski definition) is 2. The van der Waals surface area contributed by atoms with Crippen LogP contribution in [0.3, 0.4) is 0 Å². The smallest absolute Gasteiger partial charge is 0.234 e. The van der Waals surface area contributed by atoms with Crippen molar-refractivity contribution in [2.75, 3.05) is 26.2 Å². The second-order valence-electron chi connectivity index (χ2n) is 5.72. The van der Waals surface area contributed by atoms with E-state index in [1.54, 1.807) is 0 Å². The third-order valence-electron chi connectivity index (χ3n) is 3.84. The van der Waals surface area contributed by atoms with Crippen LogP contribution in [-0.4, -0.2) is 49.1 Å². The Morgan fingerprint density at radius 3 is 2.67 bits per heavy atom. The van der Waals surface area contributed by atoms with Gasteiger partial charge in [-0.3, -0.25) is 9.69 Å². The number of carbonyl (C=O) groups is 1. The van der Waals surface area contributed by atoms with E-state index in [1.807, 2.05) is 0 Å². The van der Waals surface area contributed by atoms with E-state index in [4.69, 9.17) is 0 Å². The fraction of sp³-hybridized carbons (Fsp3) is 0.929. The zero-order valence-electron chi connectivity index (χ0n) is 12.3. The highest BCUT2D eigenvalue weighted by molar-refractivity contribution is 5.78. The molecule has 1 heterocycles. The molecular formula is C14H29N3O. The molecule has 0 radical (unpaired) electrons. The van der Waals surface area contributed by atoms with E-state index in [0.717, 1.165) is 19.6 Å². The molecule has 4 heteroatoms. The Hall–Kier alpha value is -0.610. The predicted octanol–water partition coefficient (Wildman–Crippen LogP) is 1.22. The number of hydrogen-bond acceptors (Lipinski definition) is 3. The molecule has 1 aliphatic rings. The molecule has 106 valence electrons. The zero-order chi connectivity index (χ0) is 13.5. The summed E-state index contributed by atoms with van der Waals surface area (Å²) < 4.78 is 0. The number of rotatable bonds is 7. The first-order chi connectivity index (χ1) is 8.52. The van der Waals surface area contributed by atoms with Crippen LogP contribution >= 0.6 is 0 Å². The lowest BCUT2D eigenvalue weighted by molar-refractivity contribution is -0.123. The number of carbonyl (C=O) groups excluding carboxylic acids is 1. The van der Waals surface area contributed by atoms with E-state index in [1.165, 1.54) is 12.8 Å². The summed E-state index contributed by atoms with van der Waals surface area (Å²) in [6.45, 7) is 12.0. The average Bonchev–Trinajstić information content (AvgIpc) is 2.80. The van der Waals surface area contributed by atoms with Crippen LogP contribution in [-0.2, 0) is 4.79 Å². The Bertz CT molecular complexity index is 249. The largest absolute Gasteiger partial charge is 0.352 e. The van der Waals surface area contributed by atoms with Gasteiger partial charge in [0.25, 0.3) is 0 Å². The van der Waals surface area contributed by atoms with Crippen molar-refractivity contribution in [3.05, 3.63) is 0 Å². The van der Waals surface area contributed by atoms with Gasteiger partial charge in [-0.25, -0.2) is 0 Å². The minimum absolute atomic E-state index is 0.149. The van der Waals surface area contributed by atoms with Crippen molar-refractivity contribution >= 4 is 5.91 Å². The monoisotopic (exact) mass is 255 g/mol. The van der Waals surface area contributed by atoms with Gasteiger partial charge in [0.2, 0.25) is 5.91 Å². The first-order valence-electron chi connectivity index (χ1n) is 7.28. The van der Waals surface area contributed by atoms with Crippen molar-refractivity contribution in [2.24, 2.45) is 5.92 Å². The Morgan fingerprint density at radius 2 is 2.17 bits per heavy atom. The summed E-state index contributed by atoms with van der Waals surface area (Å²) in [5.41, 5.74) is 0. The second kappa shape index (κ2) is 7.74. The molecule has 2 unspecified atom stereocenters. The maximum absolute atomic E-state index is 11.9. The Balaban J connectivity index is 2.30. The maximum atomic E-state index is 11.9. The highest BCUT2D eigenvalue weighted by Crippen LogP contribution is 2.07. The van der Waals surface area contributed by atoms with E-state index in [0.29, 0.717) is 18.5 Å². The minimum atomic E-state index is 0.149. The molecule has 1 aliphatic heterocycles. The van der Waals surface area contributed by atoms with Crippen molar-refractivity contribution < 1.29 is 4.79 Å². The summed E-state index contributed by atoms with van der Waals surface area (Å²) in [5.74, 6) is 0.636. The van der Waals surface area contributed by atoms with Gasteiger partial charge >= 0.3 is 0 Å². The van der Waals surface area contributed by atoms with Crippen LogP contribution in [0.2, 0.25) is 0 Å². The van der Waals surface area contributed by atoms with Crippen molar-refractivity contribution in [2.45, 2.75) is 52.6 Å². The van der Waals surface area contributed by atoms with Crippen LogP contribution in [0.15, 0.2) is 0 Å². The zero-order valence-corrected chi connectivity index (χ0v) is 12.3. The Morgan fingerprint density at radius 1 is 1.44 bits per heavy atom. The van der Waals surface area contributed by atoms with Gasteiger partial charge in [-0.1, -0.05) is 20.8 Å². The predicted molar refractivity (Wildman–Crippen MR) is 75.6 cm³/mol. The Kier molecular flexibility index (Phi) is 6.65. The number of nitrogens with one attached hydrogen (secondary N) is 2. The topological polar surface area (TPSA) is 44.4 Å². The molecule has 1 fully saturated rings. The van der Waals surface area contributed by atoms with Crippen LogP contribution < -0.4 is 10.6 Å². The lowest BCUT2D eigenvalue weighted by atomic mass is 10.1. The van der Waals surface area contributed by atoms with Crippen LogP contribution in [0.25, 0.3) is 0 Å². The van der Waals surface area contributed by atoms with E-state index in [2.05, 4.69) is 43.2 Å². The SMILES string of the molecule is CCN(CC(=O)NC(C)C(C)C)CC1CCCN1. The van der Waals surface area contributed by atoms with Gasteiger partial charge in [0, 0.05) is 18.6 Å². The molecule has 0 aromatic heterocycles. The third kappa shape index (κ3) is 5.36. The molecule has 0 spiro atoms. The van der Waals surface area contributed by atoms with Crippen LogP contribution in [0, 0.1) is 5.92 Å². The molecule has 0 aromatic rings. The van der Waals surface area contributed by atoms with Gasteiger partial charge in [0.15, 0.2) is 0 Å². The molecule has 0 saturated carbocycles. The lowest BCUT2D eigenvalue weighted by Crippen LogP contribution is -2.45. The van der Waals surface area contributed by atoms with Crippen molar-refractivity contribution in [3.63, 3.8) is 0 Å². The van der Waals surface area contributed by atoms with Gasteiger partial charge < -0.3 is 10.6 Å². The molecule has 0 aliphatic carbocycles. The summed E-state index contributed by atoms with van der Waals surface area (Å²) in [6, 6.07) is 0.820. The van der Waals surface area contributed by atoms with Crippen LogP contribution in [0.4, 0.5) is 0 Å². The molecule has 18 heavy (non-hydrogen) atoms. The molecule has 2 atom stereocenters. The van der Waals surface area contributed by atoms with E-state index < -0.39 is 0 Å². The molecule has 1 amide bonds. The molecule has 0 aromatic carbocycles. The fourth-order valence-corrected chi connectivity index (χ4v) is 2.20. The molecule has 2 N–H and O–H groups in total. The highest BCUT2D eigenvalue weighted by Gasteiger charge is 2.19. The molecule has 1 saturated heterocycles. The molecule has 1 rings (SSSR count). The van der Waals surface area contributed by atoms with Crippen molar-refractivity contribution in [1.82, 2.24) is 15.5 Å². The van der Waals surface area contributed by atoms with E-state index in [9.17, 15) is 4.79 Å². The van der Waals surface area contributed by atoms with Crippen molar-refractivity contribution in [3.8, 4) is 0 Å². The summed E-state index contributed by atoms with van der Waals surface area (Å²) in [5, 5.41) is 6.55. The van der Waals surface area contributed by atoms with E-state index >= 15 is 0 Å². The van der Waals surface area contributed by atoms with Crippen LogP contribution in [0.5, 0.6) is 0 Å². The highest BCUT2D eigenvalue weighted by atomic mass is 16.2. The number of likely N-dealkylation sites (N-methyl/N-ethyl adjacent to an activating group) is 1. The second-order valence-corrected chi connectivity index (χ2v) is 5.72. The fourth-order valence-electron chi connectivity index (χ4n) is 2.20. The number of nitrogens with zero attached hydrogens (tertiary/aromatic N) is 1. The normalized spacial score (nSPS) is 21.6. The van der Waals surface area contributed by atoms with Gasteiger partial charge in [-0.2, -0.15) is 0 Å². The quantitative estimate of drug-likeness (QED) is 0.719. The summed E-state index contributed by atoms with van der Waals surface area (Å²) >= 11 is 0. The Labute approximate surface area is 111 Å². The molecular weight excluding hydrogens is 226 g/mol. The van der Waals surface area contributed by atoms with Gasteiger partial charge in [0.1, 0.15) is 0 Å². The summed E-state index contributed by atoms with van der Waals surface area (Å²) in [6.07, 6.45) is 2.50. The van der Waals surface area contributed by atoms with Gasteiger partial charge in [-0.05, 0) is 38.8 Å². The van der Waals surface area contributed by atoms with Gasteiger partial charge in [-0.15, -0.1) is 0 Å².